The van der Waals surface area contributed by atoms with Gasteiger partial charge in [0.25, 0.3) is 5.91 Å². The van der Waals surface area contributed by atoms with E-state index in [9.17, 15) is 4.79 Å². The van der Waals surface area contributed by atoms with E-state index in [-0.39, 0.29) is 29.9 Å². The van der Waals surface area contributed by atoms with Gasteiger partial charge in [0.2, 0.25) is 0 Å². The normalized spacial score (nSPS) is 25.8. The predicted molar refractivity (Wildman–Crippen MR) is 80.7 cm³/mol. The molecule has 1 unspecified atom stereocenters. The molecule has 117 valence electrons. The van der Waals surface area contributed by atoms with Gasteiger partial charge in [-0.25, -0.2) is 10.3 Å². The molecular formula is C14H22ClN4O2. The summed E-state index contributed by atoms with van der Waals surface area (Å²) in [5.74, 6) is 0.00247. The first-order valence-corrected chi connectivity index (χ1v) is 7.78. The first kappa shape index (κ1) is 16.3. The van der Waals surface area contributed by atoms with Gasteiger partial charge in [-0.15, -0.1) is 0 Å². The number of halogens is 1. The number of piperidine rings is 1. The zero-order valence-corrected chi connectivity index (χ0v) is 13.4. The SMILES string of the molecule is CCO[C@@H]1C(NC(=O)c2nc(Cl)c(CC)[nH]2)CC[N][C@@H]1C. The average Bonchev–Trinajstić information content (AvgIpc) is 2.84. The van der Waals surface area contributed by atoms with E-state index in [1.165, 1.54) is 0 Å². The van der Waals surface area contributed by atoms with E-state index >= 15 is 0 Å². The Kier molecular flexibility index (Phi) is 5.61. The monoisotopic (exact) mass is 313 g/mol. The second-order valence-corrected chi connectivity index (χ2v) is 5.50. The van der Waals surface area contributed by atoms with Crippen LogP contribution in [0.25, 0.3) is 0 Å². The molecule has 1 radical (unpaired) electrons. The lowest BCUT2D eigenvalue weighted by atomic mass is 9.96. The molecule has 2 rings (SSSR count). The second kappa shape index (κ2) is 7.24. The van der Waals surface area contributed by atoms with Crippen LogP contribution >= 0.6 is 11.6 Å². The molecule has 1 aromatic heterocycles. The van der Waals surface area contributed by atoms with Gasteiger partial charge in [0.15, 0.2) is 11.0 Å². The number of ether oxygens (including phenoxy) is 1. The summed E-state index contributed by atoms with van der Waals surface area (Å²) in [6.07, 6.45) is 1.39. The van der Waals surface area contributed by atoms with Crippen molar-refractivity contribution < 1.29 is 9.53 Å². The maximum atomic E-state index is 12.3. The Labute approximate surface area is 130 Å². The van der Waals surface area contributed by atoms with E-state index in [2.05, 4.69) is 20.6 Å². The second-order valence-electron chi connectivity index (χ2n) is 5.14. The van der Waals surface area contributed by atoms with Gasteiger partial charge in [0, 0.05) is 13.2 Å². The molecule has 21 heavy (non-hydrogen) atoms. The van der Waals surface area contributed by atoms with Gasteiger partial charge in [-0.1, -0.05) is 18.5 Å². The Bertz CT molecular complexity index is 491. The number of hydrogen-bond donors (Lipinski definition) is 2. The largest absolute Gasteiger partial charge is 0.375 e. The summed E-state index contributed by atoms with van der Waals surface area (Å²) in [5, 5.41) is 7.82. The summed E-state index contributed by atoms with van der Waals surface area (Å²) >= 11 is 5.97. The number of rotatable bonds is 5. The Balaban J connectivity index is 2.05. The van der Waals surface area contributed by atoms with Gasteiger partial charge >= 0.3 is 0 Å². The van der Waals surface area contributed by atoms with Gasteiger partial charge in [-0.3, -0.25) is 4.79 Å². The van der Waals surface area contributed by atoms with Gasteiger partial charge in [-0.2, -0.15) is 0 Å². The smallest absolute Gasteiger partial charge is 0.287 e. The van der Waals surface area contributed by atoms with Crippen LogP contribution in [0.1, 0.15) is 43.5 Å². The van der Waals surface area contributed by atoms with Crippen molar-refractivity contribution in [3.8, 4) is 0 Å². The van der Waals surface area contributed by atoms with Crippen molar-refractivity contribution in [1.29, 1.82) is 0 Å². The summed E-state index contributed by atoms with van der Waals surface area (Å²) in [6, 6.07) is 0.0225. The minimum absolute atomic E-state index is 0.0566. The van der Waals surface area contributed by atoms with E-state index < -0.39 is 0 Å². The predicted octanol–water partition coefficient (Wildman–Crippen LogP) is 1.53. The molecule has 1 aromatic rings. The molecule has 1 fully saturated rings. The van der Waals surface area contributed by atoms with Crippen LogP contribution in [0.4, 0.5) is 0 Å². The number of amides is 1. The van der Waals surface area contributed by atoms with E-state index in [0.717, 1.165) is 18.7 Å². The maximum Gasteiger partial charge on any atom is 0.287 e. The molecule has 2 heterocycles. The van der Waals surface area contributed by atoms with Gasteiger partial charge in [0.05, 0.1) is 23.9 Å². The number of aromatic amines is 1. The van der Waals surface area contributed by atoms with Crippen LogP contribution in [0, 0.1) is 0 Å². The van der Waals surface area contributed by atoms with Crippen LogP contribution in [0.3, 0.4) is 0 Å². The molecule has 1 amide bonds. The minimum atomic E-state index is -0.250. The van der Waals surface area contributed by atoms with Crippen molar-refractivity contribution in [1.82, 2.24) is 20.6 Å². The van der Waals surface area contributed by atoms with Crippen molar-refractivity contribution in [2.24, 2.45) is 0 Å². The van der Waals surface area contributed by atoms with Crippen molar-refractivity contribution in [2.75, 3.05) is 13.2 Å². The Morgan fingerprint density at radius 2 is 2.29 bits per heavy atom. The molecule has 0 aliphatic carbocycles. The quantitative estimate of drug-likeness (QED) is 0.865. The third-order valence-electron chi connectivity index (χ3n) is 3.70. The number of hydrogen-bond acceptors (Lipinski definition) is 3. The molecule has 1 aliphatic heterocycles. The number of nitrogens with one attached hydrogen (secondary N) is 2. The molecule has 1 aliphatic rings. The lowest BCUT2D eigenvalue weighted by Gasteiger charge is -2.36. The summed E-state index contributed by atoms with van der Waals surface area (Å²) in [5.41, 5.74) is 0.773. The van der Waals surface area contributed by atoms with Crippen LogP contribution in [0.5, 0.6) is 0 Å². The van der Waals surface area contributed by atoms with Crippen LogP contribution in [0.2, 0.25) is 5.15 Å². The Hall–Kier alpha value is -1.11. The summed E-state index contributed by atoms with van der Waals surface area (Å²) in [6.45, 7) is 7.24. The van der Waals surface area contributed by atoms with Crippen molar-refractivity contribution in [3.05, 3.63) is 16.7 Å². The highest BCUT2D eigenvalue weighted by Gasteiger charge is 2.33. The number of imidazole rings is 1. The van der Waals surface area contributed by atoms with Crippen molar-refractivity contribution >= 4 is 17.5 Å². The zero-order valence-electron chi connectivity index (χ0n) is 12.6. The van der Waals surface area contributed by atoms with Crippen molar-refractivity contribution in [2.45, 2.75) is 51.8 Å². The molecule has 2 N–H and O–H groups in total. The molecule has 0 saturated carbocycles. The number of nitrogens with zero attached hydrogens (tertiary/aromatic N) is 2. The highest BCUT2D eigenvalue weighted by Crippen LogP contribution is 2.17. The number of H-pyrrole nitrogens is 1. The number of aromatic nitrogens is 2. The molecule has 7 heteroatoms. The zero-order chi connectivity index (χ0) is 15.4. The molecule has 1 saturated heterocycles. The highest BCUT2D eigenvalue weighted by atomic mass is 35.5. The number of carbonyl (C=O) groups is 1. The number of aryl methyl sites for hydroxylation is 1. The van der Waals surface area contributed by atoms with E-state index in [0.29, 0.717) is 18.2 Å². The standard InChI is InChI=1S/C14H22ClN4O2/c1-4-9-12(15)19-13(17-9)14(20)18-10-6-7-16-8(3)11(10)21-5-2/h8,10-11H,4-7H2,1-3H3,(H,17,19)(H,18,20)/t8-,10?,11+/m1/s1. The molecule has 0 spiro atoms. The highest BCUT2D eigenvalue weighted by molar-refractivity contribution is 6.30. The van der Waals surface area contributed by atoms with Crippen LogP contribution < -0.4 is 10.6 Å². The maximum absolute atomic E-state index is 12.3. The fourth-order valence-electron chi connectivity index (χ4n) is 2.59. The van der Waals surface area contributed by atoms with Gasteiger partial charge in [0.1, 0.15) is 0 Å². The molecule has 6 nitrogen and oxygen atoms in total. The number of carbonyl (C=O) groups excluding carboxylic acids is 1. The first-order valence-electron chi connectivity index (χ1n) is 7.40. The molecule has 0 aromatic carbocycles. The first-order chi connectivity index (χ1) is 10.1. The third-order valence-corrected chi connectivity index (χ3v) is 4.01. The van der Waals surface area contributed by atoms with Crippen LogP contribution in [-0.4, -0.2) is 47.2 Å². The molecule has 0 bridgehead atoms. The van der Waals surface area contributed by atoms with Gasteiger partial charge in [-0.05, 0) is 26.7 Å². The van der Waals surface area contributed by atoms with E-state index in [4.69, 9.17) is 16.3 Å². The van der Waals surface area contributed by atoms with Crippen LogP contribution in [-0.2, 0) is 11.2 Å². The van der Waals surface area contributed by atoms with E-state index in [1.54, 1.807) is 0 Å². The Morgan fingerprint density at radius 3 is 2.90 bits per heavy atom. The lowest BCUT2D eigenvalue weighted by Crippen LogP contribution is -2.56. The Morgan fingerprint density at radius 1 is 1.52 bits per heavy atom. The summed E-state index contributed by atoms with van der Waals surface area (Å²) in [7, 11) is 0. The van der Waals surface area contributed by atoms with Gasteiger partial charge < -0.3 is 15.0 Å². The van der Waals surface area contributed by atoms with Crippen LogP contribution in [0.15, 0.2) is 0 Å². The van der Waals surface area contributed by atoms with Crippen molar-refractivity contribution in [3.63, 3.8) is 0 Å². The minimum Gasteiger partial charge on any atom is -0.375 e. The fourth-order valence-corrected chi connectivity index (χ4v) is 2.86. The average molecular weight is 314 g/mol. The fraction of sp³-hybridized carbons (Fsp3) is 0.714. The van der Waals surface area contributed by atoms with E-state index in [1.807, 2.05) is 20.8 Å². The molecule has 3 atom stereocenters. The topological polar surface area (TPSA) is 81.1 Å². The summed E-state index contributed by atoms with van der Waals surface area (Å²) in [4.78, 5) is 19.3. The third kappa shape index (κ3) is 3.75. The summed E-state index contributed by atoms with van der Waals surface area (Å²) < 4.78 is 5.73. The molecular weight excluding hydrogens is 292 g/mol. The lowest BCUT2D eigenvalue weighted by molar-refractivity contribution is -0.00372.